The predicted molar refractivity (Wildman–Crippen MR) is 176 cm³/mol. The average Bonchev–Trinajstić information content (AvgIpc) is 3.29. The number of aliphatic hydroxyl groups excluding tert-OH is 1. The van der Waals surface area contributed by atoms with Crippen molar-refractivity contribution in [2.24, 2.45) is 0 Å². The zero-order valence-corrected chi connectivity index (χ0v) is 28.1. The standard InChI is InChI=1S/C37H64O7/c1-3-5-7-9-11-13-15-16-18-20-22-24-26-28-32(39)37(44,36(43)33(40)29-30-34(36)41)35(42)31(38)27-25-23-21-19-17-14-12-10-8-6-4-2/h13,15,35,42-44H,3-12,14,16-30H2,1-2H3/b15-13-. The zero-order chi connectivity index (χ0) is 32.7. The van der Waals surface area contributed by atoms with Crippen LogP contribution < -0.4 is 0 Å². The van der Waals surface area contributed by atoms with Gasteiger partial charge in [-0.15, -0.1) is 0 Å². The van der Waals surface area contributed by atoms with Crippen molar-refractivity contribution in [3.05, 3.63) is 12.2 Å². The molecule has 7 heteroatoms. The van der Waals surface area contributed by atoms with Crippen molar-refractivity contribution in [2.45, 2.75) is 198 Å². The van der Waals surface area contributed by atoms with Crippen LogP contribution in [0, 0.1) is 0 Å². The SMILES string of the molecule is CCCCCC/C=C\CCCCCCCC(=O)C(O)(C(O)C(=O)CCCCCCCCCCCCC)C1(O)C(=O)CCC1=O. The van der Waals surface area contributed by atoms with Crippen LogP contribution in [-0.2, 0) is 19.2 Å². The Hall–Kier alpha value is -1.70. The molecule has 0 aliphatic heterocycles. The highest BCUT2D eigenvalue weighted by Crippen LogP contribution is 2.38. The fourth-order valence-corrected chi connectivity index (χ4v) is 6.25. The molecule has 1 aliphatic rings. The molecule has 1 rings (SSSR count). The summed E-state index contributed by atoms with van der Waals surface area (Å²) >= 11 is 0. The Balaban J connectivity index is 2.53. The van der Waals surface area contributed by atoms with Crippen LogP contribution in [0.15, 0.2) is 12.2 Å². The van der Waals surface area contributed by atoms with E-state index in [9.17, 15) is 34.5 Å². The topological polar surface area (TPSA) is 129 Å². The molecule has 3 N–H and O–H groups in total. The molecule has 0 spiro atoms. The molecule has 1 aliphatic carbocycles. The van der Waals surface area contributed by atoms with Gasteiger partial charge in [0.05, 0.1) is 0 Å². The second-order valence-electron chi connectivity index (χ2n) is 13.0. The number of carbonyl (C=O) groups is 4. The molecular weight excluding hydrogens is 556 g/mol. The molecule has 0 aromatic heterocycles. The van der Waals surface area contributed by atoms with Gasteiger partial charge in [0.15, 0.2) is 34.8 Å². The molecule has 0 radical (unpaired) electrons. The van der Waals surface area contributed by atoms with Crippen LogP contribution in [0.25, 0.3) is 0 Å². The third kappa shape index (κ3) is 13.3. The van der Waals surface area contributed by atoms with E-state index in [1.165, 1.54) is 64.2 Å². The minimum absolute atomic E-state index is 0.0978. The van der Waals surface area contributed by atoms with Crippen LogP contribution >= 0.6 is 0 Å². The summed E-state index contributed by atoms with van der Waals surface area (Å²) in [5.74, 6) is -3.87. The maximum absolute atomic E-state index is 13.3. The zero-order valence-electron chi connectivity index (χ0n) is 28.1. The number of ketones is 4. The number of carbonyl (C=O) groups excluding carboxylic acids is 4. The number of allylic oxidation sites excluding steroid dienone is 2. The highest BCUT2D eigenvalue weighted by molar-refractivity contribution is 6.21. The maximum Gasteiger partial charge on any atom is 0.220 e. The Morgan fingerprint density at radius 2 is 1.02 bits per heavy atom. The summed E-state index contributed by atoms with van der Waals surface area (Å²) in [7, 11) is 0. The lowest BCUT2D eigenvalue weighted by molar-refractivity contribution is -0.202. The van der Waals surface area contributed by atoms with Crippen LogP contribution in [0.2, 0.25) is 0 Å². The predicted octanol–water partition coefficient (Wildman–Crippen LogP) is 7.84. The molecule has 1 saturated carbocycles. The first-order valence-corrected chi connectivity index (χ1v) is 18.1. The van der Waals surface area contributed by atoms with E-state index in [4.69, 9.17) is 0 Å². The number of hydrogen-bond donors (Lipinski definition) is 3. The minimum atomic E-state index is -3.16. The largest absolute Gasteiger partial charge is 0.382 e. The highest BCUT2D eigenvalue weighted by atomic mass is 16.4. The van der Waals surface area contributed by atoms with Gasteiger partial charge >= 0.3 is 0 Å². The lowest BCUT2D eigenvalue weighted by Gasteiger charge is -2.40. The maximum atomic E-state index is 13.3. The fraction of sp³-hybridized carbons (Fsp3) is 0.838. The monoisotopic (exact) mass is 620 g/mol. The summed E-state index contributed by atoms with van der Waals surface area (Å²) in [6.45, 7) is 4.41. The van der Waals surface area contributed by atoms with Gasteiger partial charge in [-0.3, -0.25) is 19.2 Å². The summed E-state index contributed by atoms with van der Waals surface area (Å²) in [6.07, 6.45) is 24.2. The van der Waals surface area contributed by atoms with E-state index in [0.717, 1.165) is 57.8 Å². The summed E-state index contributed by atoms with van der Waals surface area (Å²) in [6, 6.07) is 0. The van der Waals surface area contributed by atoms with E-state index < -0.39 is 40.4 Å². The molecule has 1 fully saturated rings. The van der Waals surface area contributed by atoms with E-state index in [0.29, 0.717) is 19.3 Å². The third-order valence-corrected chi connectivity index (χ3v) is 9.26. The molecule has 44 heavy (non-hydrogen) atoms. The van der Waals surface area contributed by atoms with E-state index in [1.54, 1.807) is 0 Å². The van der Waals surface area contributed by atoms with Crippen LogP contribution in [0.5, 0.6) is 0 Å². The van der Waals surface area contributed by atoms with Gasteiger partial charge in [0.25, 0.3) is 0 Å². The van der Waals surface area contributed by atoms with Gasteiger partial charge in [0.2, 0.25) is 5.60 Å². The van der Waals surface area contributed by atoms with Crippen molar-refractivity contribution >= 4 is 23.1 Å². The summed E-state index contributed by atoms with van der Waals surface area (Å²) in [4.78, 5) is 51.5. The van der Waals surface area contributed by atoms with Crippen molar-refractivity contribution in [1.82, 2.24) is 0 Å². The fourth-order valence-electron chi connectivity index (χ4n) is 6.25. The van der Waals surface area contributed by atoms with E-state index >= 15 is 0 Å². The van der Waals surface area contributed by atoms with Crippen LogP contribution in [0.1, 0.15) is 181 Å². The van der Waals surface area contributed by atoms with Crippen molar-refractivity contribution in [3.8, 4) is 0 Å². The molecule has 0 heterocycles. The van der Waals surface area contributed by atoms with Crippen molar-refractivity contribution in [3.63, 3.8) is 0 Å². The Kier molecular flexibility index (Phi) is 21.6. The number of aliphatic hydroxyl groups is 3. The molecule has 0 amide bonds. The Bertz CT molecular complexity index is 848. The molecule has 0 saturated heterocycles. The molecule has 2 atom stereocenters. The Morgan fingerprint density at radius 3 is 1.48 bits per heavy atom. The van der Waals surface area contributed by atoms with Gasteiger partial charge in [0, 0.05) is 25.7 Å². The van der Waals surface area contributed by atoms with Gasteiger partial charge in [-0.2, -0.15) is 0 Å². The molecule has 0 bridgehead atoms. The molecule has 0 aromatic carbocycles. The lowest BCUT2D eigenvalue weighted by atomic mass is 9.70. The van der Waals surface area contributed by atoms with Crippen molar-refractivity contribution < 1.29 is 34.5 Å². The molecule has 254 valence electrons. The first-order valence-electron chi connectivity index (χ1n) is 18.1. The number of hydrogen-bond acceptors (Lipinski definition) is 7. The summed E-state index contributed by atoms with van der Waals surface area (Å²) < 4.78 is 0. The average molecular weight is 621 g/mol. The molecule has 2 unspecified atom stereocenters. The second-order valence-corrected chi connectivity index (χ2v) is 13.0. The summed E-state index contributed by atoms with van der Waals surface area (Å²) in [5.41, 5.74) is -6.24. The smallest absolute Gasteiger partial charge is 0.220 e. The van der Waals surface area contributed by atoms with E-state index in [-0.39, 0.29) is 25.7 Å². The van der Waals surface area contributed by atoms with E-state index in [2.05, 4.69) is 26.0 Å². The van der Waals surface area contributed by atoms with Gasteiger partial charge < -0.3 is 15.3 Å². The van der Waals surface area contributed by atoms with Gasteiger partial charge in [0.1, 0.15) is 0 Å². The van der Waals surface area contributed by atoms with Crippen LogP contribution in [-0.4, -0.2) is 55.8 Å². The first kappa shape index (κ1) is 40.3. The van der Waals surface area contributed by atoms with Crippen molar-refractivity contribution in [2.75, 3.05) is 0 Å². The minimum Gasteiger partial charge on any atom is -0.382 e. The Morgan fingerprint density at radius 1 is 0.659 bits per heavy atom. The highest BCUT2D eigenvalue weighted by Gasteiger charge is 2.69. The van der Waals surface area contributed by atoms with Gasteiger partial charge in [-0.25, -0.2) is 0 Å². The Labute approximate surface area is 267 Å². The van der Waals surface area contributed by atoms with Crippen molar-refractivity contribution in [1.29, 1.82) is 0 Å². The molecular formula is C37H64O7. The van der Waals surface area contributed by atoms with Gasteiger partial charge in [-0.1, -0.05) is 129 Å². The quantitative estimate of drug-likeness (QED) is 0.0441. The normalized spacial score (nSPS) is 16.9. The first-order chi connectivity index (χ1) is 21.2. The molecule has 0 aromatic rings. The van der Waals surface area contributed by atoms with Gasteiger partial charge in [-0.05, 0) is 38.5 Å². The van der Waals surface area contributed by atoms with Crippen LogP contribution in [0.4, 0.5) is 0 Å². The lowest BCUT2D eigenvalue weighted by Crippen LogP contribution is -2.72. The van der Waals surface area contributed by atoms with E-state index in [1.807, 2.05) is 0 Å². The third-order valence-electron chi connectivity index (χ3n) is 9.26. The second kappa shape index (κ2) is 23.6. The number of rotatable bonds is 29. The number of Topliss-reactive ketones (excluding diaryl/α,β-unsaturated/α-hetero) is 4. The summed E-state index contributed by atoms with van der Waals surface area (Å²) in [5, 5.41) is 33.5. The number of unbranched alkanes of at least 4 members (excludes halogenated alkanes) is 19. The molecule has 7 nitrogen and oxygen atoms in total. The van der Waals surface area contributed by atoms with Crippen LogP contribution in [0.3, 0.4) is 0 Å².